The van der Waals surface area contributed by atoms with Gasteiger partial charge in [-0.3, -0.25) is 9.78 Å². The van der Waals surface area contributed by atoms with Crippen molar-refractivity contribution in [1.82, 2.24) is 14.7 Å². The third-order valence-electron chi connectivity index (χ3n) is 3.71. The van der Waals surface area contributed by atoms with Crippen LogP contribution in [0.15, 0.2) is 53.6 Å². The van der Waals surface area contributed by atoms with Gasteiger partial charge in [0.2, 0.25) is 15.9 Å². The number of hydrogen-bond donors (Lipinski definition) is 2. The van der Waals surface area contributed by atoms with Crippen molar-refractivity contribution >= 4 is 44.0 Å². The summed E-state index contributed by atoms with van der Waals surface area (Å²) in [5, 5.41) is 3.59. The number of sulfonamides is 1. The maximum atomic E-state index is 12.2. The molecular formula is C18H17ClN4O3S2. The summed E-state index contributed by atoms with van der Waals surface area (Å²) in [5.41, 5.74) is 1.55. The van der Waals surface area contributed by atoms with Crippen LogP contribution in [0.25, 0.3) is 10.6 Å². The van der Waals surface area contributed by atoms with Crippen LogP contribution in [-0.4, -0.2) is 30.8 Å². The SMILES string of the molecule is Cc1nc(NC(=O)CCNS(=O)(=O)c2ccc(Cl)cc2)sc1-c1ccccn1. The predicted octanol–water partition coefficient (Wildman–Crippen LogP) is 3.47. The first kappa shape index (κ1) is 20.4. The van der Waals surface area contributed by atoms with Gasteiger partial charge in [-0.15, -0.1) is 0 Å². The van der Waals surface area contributed by atoms with E-state index in [9.17, 15) is 13.2 Å². The summed E-state index contributed by atoms with van der Waals surface area (Å²) in [4.78, 5) is 21.7. The van der Waals surface area contributed by atoms with Crippen LogP contribution in [0.4, 0.5) is 5.13 Å². The number of nitrogens with zero attached hydrogens (tertiary/aromatic N) is 2. The molecule has 28 heavy (non-hydrogen) atoms. The second-order valence-electron chi connectivity index (χ2n) is 5.80. The molecule has 0 aliphatic heterocycles. The number of carbonyl (C=O) groups is 1. The zero-order chi connectivity index (χ0) is 20.1. The topological polar surface area (TPSA) is 101 Å². The van der Waals surface area contributed by atoms with Crippen LogP contribution in [0.1, 0.15) is 12.1 Å². The summed E-state index contributed by atoms with van der Waals surface area (Å²) in [6, 6.07) is 11.4. The van der Waals surface area contributed by atoms with Gasteiger partial charge >= 0.3 is 0 Å². The number of amides is 1. The average Bonchev–Trinajstić information content (AvgIpc) is 3.02. The molecule has 146 valence electrons. The maximum absolute atomic E-state index is 12.2. The molecule has 0 saturated heterocycles. The number of halogens is 1. The predicted molar refractivity (Wildman–Crippen MR) is 110 cm³/mol. The Morgan fingerprint density at radius 2 is 1.93 bits per heavy atom. The summed E-state index contributed by atoms with van der Waals surface area (Å²) in [7, 11) is -3.69. The number of carbonyl (C=O) groups excluding carboxylic acids is 1. The molecule has 3 rings (SSSR count). The lowest BCUT2D eigenvalue weighted by Crippen LogP contribution is -2.27. The lowest BCUT2D eigenvalue weighted by Gasteiger charge is -2.06. The van der Waals surface area contributed by atoms with E-state index in [0.717, 1.165) is 16.3 Å². The van der Waals surface area contributed by atoms with Gasteiger partial charge in [-0.05, 0) is 43.3 Å². The van der Waals surface area contributed by atoms with Crippen LogP contribution >= 0.6 is 22.9 Å². The molecule has 0 bridgehead atoms. The molecule has 0 fully saturated rings. The Hall–Kier alpha value is -2.33. The van der Waals surface area contributed by atoms with Crippen LogP contribution in [0, 0.1) is 6.92 Å². The molecule has 0 unspecified atom stereocenters. The summed E-state index contributed by atoms with van der Waals surface area (Å²) in [6.07, 6.45) is 1.67. The molecule has 0 atom stereocenters. The van der Waals surface area contributed by atoms with E-state index in [0.29, 0.717) is 10.2 Å². The molecule has 0 aliphatic rings. The largest absolute Gasteiger partial charge is 0.302 e. The molecule has 1 aromatic carbocycles. The molecule has 2 N–H and O–H groups in total. The van der Waals surface area contributed by atoms with E-state index in [1.807, 2.05) is 25.1 Å². The summed E-state index contributed by atoms with van der Waals surface area (Å²) < 4.78 is 26.8. The number of rotatable bonds is 7. The van der Waals surface area contributed by atoms with E-state index < -0.39 is 10.0 Å². The maximum Gasteiger partial charge on any atom is 0.240 e. The highest BCUT2D eigenvalue weighted by atomic mass is 35.5. The Labute approximate surface area is 171 Å². The first-order chi connectivity index (χ1) is 13.3. The van der Waals surface area contributed by atoms with E-state index in [4.69, 9.17) is 11.6 Å². The average molecular weight is 437 g/mol. The van der Waals surface area contributed by atoms with E-state index in [1.54, 1.807) is 6.20 Å². The summed E-state index contributed by atoms with van der Waals surface area (Å²) >= 11 is 7.08. The fourth-order valence-electron chi connectivity index (χ4n) is 2.36. The highest BCUT2D eigenvalue weighted by Crippen LogP contribution is 2.31. The highest BCUT2D eigenvalue weighted by molar-refractivity contribution is 7.89. The Bertz CT molecular complexity index is 1070. The molecule has 7 nitrogen and oxygen atoms in total. The molecule has 0 saturated carbocycles. The van der Waals surface area contributed by atoms with Gasteiger partial charge in [0.25, 0.3) is 0 Å². The van der Waals surface area contributed by atoms with Crippen molar-refractivity contribution in [3.63, 3.8) is 0 Å². The monoisotopic (exact) mass is 436 g/mol. The van der Waals surface area contributed by atoms with Crippen LogP contribution in [0.5, 0.6) is 0 Å². The van der Waals surface area contributed by atoms with Crippen molar-refractivity contribution in [3.05, 3.63) is 59.4 Å². The first-order valence-corrected chi connectivity index (χ1v) is 11.0. The van der Waals surface area contributed by atoms with Crippen molar-refractivity contribution in [2.75, 3.05) is 11.9 Å². The molecule has 3 aromatic rings. The fraction of sp³-hybridized carbons (Fsp3) is 0.167. The summed E-state index contributed by atoms with van der Waals surface area (Å²) in [5.74, 6) is -0.333. The van der Waals surface area contributed by atoms with Crippen LogP contribution in [0.3, 0.4) is 0 Å². The number of aryl methyl sites for hydroxylation is 1. The van der Waals surface area contributed by atoms with Gasteiger partial charge in [0.05, 0.1) is 21.2 Å². The van der Waals surface area contributed by atoms with Gasteiger partial charge in [-0.2, -0.15) is 0 Å². The number of benzene rings is 1. The van der Waals surface area contributed by atoms with Gasteiger partial charge in [0.15, 0.2) is 5.13 Å². The van der Waals surface area contributed by atoms with Gasteiger partial charge < -0.3 is 5.32 Å². The zero-order valence-electron chi connectivity index (χ0n) is 14.8. The smallest absolute Gasteiger partial charge is 0.240 e. The number of anilines is 1. The second kappa shape index (κ2) is 8.78. The minimum Gasteiger partial charge on any atom is -0.302 e. The minimum absolute atomic E-state index is 0.0234. The van der Waals surface area contributed by atoms with Crippen LogP contribution in [-0.2, 0) is 14.8 Å². The number of thiazole rings is 1. The molecular weight excluding hydrogens is 420 g/mol. The quantitative estimate of drug-likeness (QED) is 0.590. The van der Waals surface area contributed by atoms with E-state index in [1.165, 1.54) is 35.6 Å². The Balaban J connectivity index is 1.56. The van der Waals surface area contributed by atoms with Crippen LogP contribution < -0.4 is 10.0 Å². The third-order valence-corrected chi connectivity index (χ3v) is 6.53. The molecule has 0 spiro atoms. The number of nitrogens with one attached hydrogen (secondary N) is 2. The third kappa shape index (κ3) is 5.14. The van der Waals surface area contributed by atoms with E-state index in [-0.39, 0.29) is 23.8 Å². The van der Waals surface area contributed by atoms with Gasteiger partial charge in [0, 0.05) is 24.2 Å². The van der Waals surface area contributed by atoms with Crippen LogP contribution in [0.2, 0.25) is 5.02 Å². The van der Waals surface area contributed by atoms with E-state index >= 15 is 0 Å². The summed E-state index contributed by atoms with van der Waals surface area (Å²) in [6.45, 7) is 1.81. The van der Waals surface area contributed by atoms with Gasteiger partial charge in [0.1, 0.15) is 0 Å². The lowest BCUT2D eigenvalue weighted by atomic mass is 10.3. The van der Waals surface area contributed by atoms with Crippen molar-refractivity contribution in [2.45, 2.75) is 18.2 Å². The molecule has 2 aromatic heterocycles. The normalized spacial score (nSPS) is 11.4. The number of aromatic nitrogens is 2. The Morgan fingerprint density at radius 1 is 1.18 bits per heavy atom. The number of pyridine rings is 1. The Kier molecular flexibility index (Phi) is 6.40. The number of hydrogen-bond acceptors (Lipinski definition) is 6. The standard InChI is InChI=1S/C18H17ClN4O3S2/c1-12-17(15-4-2-3-10-20-15)27-18(22-12)23-16(24)9-11-21-28(25,26)14-7-5-13(19)6-8-14/h2-8,10,21H,9,11H2,1H3,(H,22,23,24). The second-order valence-corrected chi connectivity index (χ2v) is 9.00. The van der Waals surface area contributed by atoms with Crippen molar-refractivity contribution in [1.29, 1.82) is 0 Å². The van der Waals surface area contributed by atoms with E-state index in [2.05, 4.69) is 20.0 Å². The van der Waals surface area contributed by atoms with Gasteiger partial charge in [-0.1, -0.05) is 29.0 Å². The van der Waals surface area contributed by atoms with Crippen molar-refractivity contribution < 1.29 is 13.2 Å². The zero-order valence-corrected chi connectivity index (χ0v) is 17.2. The van der Waals surface area contributed by atoms with Gasteiger partial charge in [-0.25, -0.2) is 18.1 Å². The molecule has 10 heteroatoms. The molecule has 2 heterocycles. The molecule has 0 radical (unpaired) electrons. The van der Waals surface area contributed by atoms with Crippen molar-refractivity contribution in [3.8, 4) is 10.6 Å². The Morgan fingerprint density at radius 3 is 2.61 bits per heavy atom. The molecule has 1 amide bonds. The fourth-order valence-corrected chi connectivity index (χ4v) is 4.48. The first-order valence-electron chi connectivity index (χ1n) is 8.29. The lowest BCUT2D eigenvalue weighted by molar-refractivity contribution is -0.116. The molecule has 0 aliphatic carbocycles. The van der Waals surface area contributed by atoms with Crippen molar-refractivity contribution in [2.24, 2.45) is 0 Å². The highest BCUT2D eigenvalue weighted by Gasteiger charge is 2.15. The minimum atomic E-state index is -3.69.